The van der Waals surface area contributed by atoms with Gasteiger partial charge in [-0.3, -0.25) is 9.69 Å². The third kappa shape index (κ3) is 4.82. The van der Waals surface area contributed by atoms with E-state index in [0.29, 0.717) is 6.54 Å². The van der Waals surface area contributed by atoms with E-state index in [1.54, 1.807) is 11.3 Å². The molecular weight excluding hydrogens is 372 g/mol. The topological polar surface area (TPSA) is 54.7 Å². The summed E-state index contributed by atoms with van der Waals surface area (Å²) in [6.45, 7) is 4.68. The van der Waals surface area contributed by atoms with Crippen LogP contribution >= 0.6 is 11.3 Å². The zero-order valence-corrected chi connectivity index (χ0v) is 16.9. The molecule has 6 heteroatoms. The van der Waals surface area contributed by atoms with Crippen molar-refractivity contribution in [3.05, 3.63) is 58.5 Å². The highest BCUT2D eigenvalue weighted by atomic mass is 32.1. The van der Waals surface area contributed by atoms with Crippen LogP contribution in [0.15, 0.2) is 52.3 Å². The first-order valence-electron chi connectivity index (χ1n) is 9.81. The molecule has 1 N–H and O–H groups in total. The molecule has 0 aliphatic carbocycles. The van der Waals surface area contributed by atoms with E-state index in [4.69, 9.17) is 9.15 Å². The molecule has 0 saturated carbocycles. The Bertz CT molecular complexity index is 867. The van der Waals surface area contributed by atoms with Crippen LogP contribution in [0.25, 0.3) is 11.0 Å². The molecule has 0 spiro atoms. The molecule has 28 heavy (non-hydrogen) atoms. The van der Waals surface area contributed by atoms with Crippen LogP contribution in [0, 0.1) is 0 Å². The smallest absolute Gasteiger partial charge is 0.234 e. The molecule has 4 rings (SSSR count). The predicted octanol–water partition coefficient (Wildman–Crippen LogP) is 4.35. The van der Waals surface area contributed by atoms with Crippen LogP contribution in [0.1, 0.15) is 36.4 Å². The maximum atomic E-state index is 12.7. The number of rotatable bonds is 8. The minimum atomic E-state index is -0.175. The summed E-state index contributed by atoms with van der Waals surface area (Å²) in [7, 11) is 0. The predicted molar refractivity (Wildman–Crippen MR) is 111 cm³/mol. The number of carbonyl (C=O) groups is 1. The molecule has 0 bridgehead atoms. The van der Waals surface area contributed by atoms with Gasteiger partial charge in [-0.1, -0.05) is 24.3 Å². The number of hydrogen-bond acceptors (Lipinski definition) is 5. The number of hydrogen-bond donors (Lipinski definition) is 1. The Hall–Kier alpha value is -2.15. The summed E-state index contributed by atoms with van der Waals surface area (Å²) in [5, 5.41) is 6.21. The highest BCUT2D eigenvalue weighted by Crippen LogP contribution is 2.23. The largest absolute Gasteiger partial charge is 0.459 e. The maximum absolute atomic E-state index is 12.7. The van der Waals surface area contributed by atoms with E-state index in [9.17, 15) is 4.79 Å². The van der Waals surface area contributed by atoms with Crippen LogP contribution in [0.2, 0.25) is 0 Å². The Labute approximate surface area is 169 Å². The first-order valence-corrected chi connectivity index (χ1v) is 10.7. The van der Waals surface area contributed by atoms with Gasteiger partial charge < -0.3 is 14.5 Å². The van der Waals surface area contributed by atoms with Crippen LogP contribution in [-0.2, 0) is 16.1 Å². The average molecular weight is 399 g/mol. The van der Waals surface area contributed by atoms with E-state index in [1.165, 1.54) is 4.88 Å². The van der Waals surface area contributed by atoms with Gasteiger partial charge in [0, 0.05) is 30.0 Å². The quantitative estimate of drug-likeness (QED) is 0.613. The molecule has 1 saturated heterocycles. The summed E-state index contributed by atoms with van der Waals surface area (Å²) >= 11 is 1.72. The van der Waals surface area contributed by atoms with Crippen LogP contribution in [0.4, 0.5) is 0 Å². The zero-order valence-electron chi connectivity index (χ0n) is 16.1. The first-order chi connectivity index (χ1) is 13.7. The molecule has 148 valence electrons. The van der Waals surface area contributed by atoms with Crippen molar-refractivity contribution in [1.29, 1.82) is 0 Å². The van der Waals surface area contributed by atoms with Crippen molar-refractivity contribution in [2.75, 3.05) is 19.7 Å². The van der Waals surface area contributed by atoms with Crippen molar-refractivity contribution < 1.29 is 13.9 Å². The third-order valence-corrected chi connectivity index (χ3v) is 5.92. The standard InChI is InChI=1S/C22H26N2O3S/c1-16(21-12-17-6-2-3-9-20(17)27-21)23-22(25)15-24(13-18-7-4-10-26-18)14-19-8-5-11-28-19/h2-3,5-6,8-9,11-12,16,18H,4,7,10,13-15H2,1H3,(H,23,25)/t16-,18-/m0/s1. The Morgan fingerprint density at radius 2 is 2.21 bits per heavy atom. The number of nitrogens with zero attached hydrogens (tertiary/aromatic N) is 1. The molecule has 5 nitrogen and oxygen atoms in total. The lowest BCUT2D eigenvalue weighted by Gasteiger charge is -2.24. The molecule has 2 aromatic heterocycles. The lowest BCUT2D eigenvalue weighted by molar-refractivity contribution is -0.123. The minimum Gasteiger partial charge on any atom is -0.459 e. The number of para-hydroxylation sites is 1. The Kier molecular flexibility index (Phi) is 6.10. The molecule has 1 aliphatic heterocycles. The monoisotopic (exact) mass is 398 g/mol. The second kappa shape index (κ2) is 8.90. The van der Waals surface area contributed by atoms with Crippen molar-refractivity contribution >= 4 is 28.2 Å². The molecule has 1 amide bonds. The normalized spacial score (nSPS) is 18.0. The van der Waals surface area contributed by atoms with Gasteiger partial charge in [-0.25, -0.2) is 0 Å². The van der Waals surface area contributed by atoms with E-state index in [-0.39, 0.29) is 18.1 Å². The van der Waals surface area contributed by atoms with Crippen molar-refractivity contribution in [1.82, 2.24) is 10.2 Å². The lowest BCUT2D eigenvalue weighted by Crippen LogP contribution is -2.41. The molecule has 0 unspecified atom stereocenters. The van der Waals surface area contributed by atoms with Gasteiger partial charge in [-0.05, 0) is 43.3 Å². The number of ether oxygens (including phenoxy) is 1. The van der Waals surface area contributed by atoms with Crippen molar-refractivity contribution in [3.8, 4) is 0 Å². The van der Waals surface area contributed by atoms with Gasteiger partial charge in [0.1, 0.15) is 11.3 Å². The molecule has 1 aliphatic rings. The van der Waals surface area contributed by atoms with Crippen LogP contribution in [0.5, 0.6) is 0 Å². The molecular formula is C22H26N2O3S. The van der Waals surface area contributed by atoms with Crippen LogP contribution < -0.4 is 5.32 Å². The number of thiophene rings is 1. The second-order valence-corrected chi connectivity index (χ2v) is 8.39. The van der Waals surface area contributed by atoms with Crippen LogP contribution in [-0.4, -0.2) is 36.6 Å². The number of carbonyl (C=O) groups excluding carboxylic acids is 1. The van der Waals surface area contributed by atoms with E-state index in [0.717, 1.165) is 49.3 Å². The van der Waals surface area contributed by atoms with Gasteiger partial charge in [0.25, 0.3) is 0 Å². The molecule has 3 heterocycles. The van der Waals surface area contributed by atoms with Crippen molar-refractivity contribution in [3.63, 3.8) is 0 Å². The van der Waals surface area contributed by atoms with Gasteiger partial charge in [-0.15, -0.1) is 11.3 Å². The first kappa shape index (κ1) is 19.2. The molecule has 1 aromatic carbocycles. The Morgan fingerprint density at radius 3 is 2.96 bits per heavy atom. The number of furan rings is 1. The van der Waals surface area contributed by atoms with Crippen molar-refractivity contribution in [2.24, 2.45) is 0 Å². The van der Waals surface area contributed by atoms with Gasteiger partial charge in [-0.2, -0.15) is 0 Å². The van der Waals surface area contributed by atoms with E-state index >= 15 is 0 Å². The fourth-order valence-electron chi connectivity index (χ4n) is 3.66. The lowest BCUT2D eigenvalue weighted by atomic mass is 10.2. The minimum absolute atomic E-state index is 0.00232. The zero-order chi connectivity index (χ0) is 19.3. The number of fused-ring (bicyclic) bond motifs is 1. The van der Waals surface area contributed by atoms with Gasteiger partial charge in [0.15, 0.2) is 0 Å². The highest BCUT2D eigenvalue weighted by molar-refractivity contribution is 7.09. The van der Waals surface area contributed by atoms with Gasteiger partial charge in [0.2, 0.25) is 5.91 Å². The fourth-order valence-corrected chi connectivity index (χ4v) is 4.41. The Morgan fingerprint density at radius 1 is 1.32 bits per heavy atom. The fraction of sp³-hybridized carbons (Fsp3) is 0.409. The summed E-state index contributed by atoms with van der Waals surface area (Å²) in [6.07, 6.45) is 2.39. The number of benzene rings is 1. The summed E-state index contributed by atoms with van der Waals surface area (Å²) < 4.78 is 11.7. The highest BCUT2D eigenvalue weighted by Gasteiger charge is 2.22. The van der Waals surface area contributed by atoms with E-state index in [1.807, 2.05) is 43.3 Å². The van der Waals surface area contributed by atoms with Gasteiger partial charge in [0.05, 0.1) is 18.7 Å². The second-order valence-electron chi connectivity index (χ2n) is 7.36. The van der Waals surface area contributed by atoms with Crippen molar-refractivity contribution in [2.45, 2.75) is 38.5 Å². The third-order valence-electron chi connectivity index (χ3n) is 5.06. The summed E-state index contributed by atoms with van der Waals surface area (Å²) in [4.78, 5) is 16.2. The van der Waals surface area contributed by atoms with E-state index in [2.05, 4.69) is 21.7 Å². The van der Waals surface area contributed by atoms with E-state index < -0.39 is 0 Å². The Balaban J connectivity index is 1.38. The number of nitrogens with one attached hydrogen (secondary N) is 1. The molecule has 2 atom stereocenters. The average Bonchev–Trinajstić information content (AvgIpc) is 3.43. The summed E-state index contributed by atoms with van der Waals surface area (Å²) in [6, 6.07) is 13.9. The maximum Gasteiger partial charge on any atom is 0.234 e. The molecule has 3 aromatic rings. The SMILES string of the molecule is C[C@H](NC(=O)CN(Cc1cccs1)C[C@@H]1CCCO1)c1cc2ccccc2o1. The molecule has 1 fully saturated rings. The number of amides is 1. The van der Waals surface area contributed by atoms with Crippen LogP contribution in [0.3, 0.4) is 0 Å². The molecule has 0 radical (unpaired) electrons. The van der Waals surface area contributed by atoms with Gasteiger partial charge >= 0.3 is 0 Å². The summed E-state index contributed by atoms with van der Waals surface area (Å²) in [5.41, 5.74) is 0.844. The summed E-state index contributed by atoms with van der Waals surface area (Å²) in [5.74, 6) is 0.779.